The van der Waals surface area contributed by atoms with E-state index in [0.717, 1.165) is 25.0 Å². The maximum absolute atomic E-state index is 12.3. The van der Waals surface area contributed by atoms with Crippen molar-refractivity contribution in [2.75, 3.05) is 12.0 Å². The quantitative estimate of drug-likeness (QED) is 0.759. The molecule has 6 nitrogen and oxygen atoms in total. The molecule has 0 saturated heterocycles. The van der Waals surface area contributed by atoms with Crippen molar-refractivity contribution in [2.45, 2.75) is 43.2 Å². The molecule has 8 heteroatoms. The van der Waals surface area contributed by atoms with Crippen molar-refractivity contribution >= 4 is 27.8 Å². The maximum atomic E-state index is 12.3. The van der Waals surface area contributed by atoms with Gasteiger partial charge < -0.3 is 9.67 Å². The molecule has 1 atom stereocenters. The highest BCUT2D eigenvalue weighted by Crippen LogP contribution is 2.37. The van der Waals surface area contributed by atoms with Crippen molar-refractivity contribution in [3.63, 3.8) is 0 Å². The first-order chi connectivity index (χ1) is 9.85. The smallest absolute Gasteiger partial charge is 0.352 e. The summed E-state index contributed by atoms with van der Waals surface area (Å²) in [5.41, 5.74) is 0.0367. The number of aromatic nitrogens is 1. The van der Waals surface area contributed by atoms with Gasteiger partial charge in [-0.25, -0.2) is 17.9 Å². The third-order valence-electron chi connectivity index (χ3n) is 3.40. The Morgan fingerprint density at radius 3 is 2.76 bits per heavy atom. The molecule has 0 spiro atoms. The highest BCUT2D eigenvalue weighted by molar-refractivity contribution is 7.98. The Morgan fingerprint density at radius 1 is 1.57 bits per heavy atom. The molecule has 1 aromatic rings. The van der Waals surface area contributed by atoms with E-state index < -0.39 is 16.0 Å². The predicted octanol–water partition coefficient (Wildman–Crippen LogP) is 1.94. The maximum Gasteiger partial charge on any atom is 0.352 e. The molecule has 1 aromatic heterocycles. The summed E-state index contributed by atoms with van der Waals surface area (Å²) < 4.78 is 28.8. The fourth-order valence-corrected chi connectivity index (χ4v) is 4.01. The average Bonchev–Trinajstić information content (AvgIpc) is 3.13. The lowest BCUT2D eigenvalue weighted by atomic mass is 10.3. The number of carboxylic acid groups (broad SMARTS) is 1. The normalized spacial score (nSPS) is 16.9. The van der Waals surface area contributed by atoms with E-state index >= 15 is 0 Å². The number of carboxylic acids is 1. The molecule has 0 aromatic carbocycles. The first-order valence-electron chi connectivity index (χ1n) is 6.81. The standard InChI is InChI=1S/C13H20N2O4S2/c1-9(5-6-20-2)14-21(18,19)11-7-12(13(16)17)15(8-11)10-3-4-10/h7-10,14H,3-6H2,1-2H3,(H,16,17). The number of nitrogens with one attached hydrogen (secondary N) is 1. The van der Waals surface area contributed by atoms with Gasteiger partial charge >= 0.3 is 5.97 Å². The minimum atomic E-state index is -3.67. The van der Waals surface area contributed by atoms with Gasteiger partial charge in [0.2, 0.25) is 10.0 Å². The Hall–Kier alpha value is -0.990. The van der Waals surface area contributed by atoms with E-state index in [1.807, 2.05) is 13.2 Å². The van der Waals surface area contributed by atoms with E-state index in [-0.39, 0.29) is 22.7 Å². The lowest BCUT2D eigenvalue weighted by molar-refractivity contribution is 0.0685. The summed E-state index contributed by atoms with van der Waals surface area (Å²) in [6, 6.07) is 1.18. The zero-order valence-corrected chi connectivity index (χ0v) is 13.7. The number of nitrogens with zero attached hydrogens (tertiary/aromatic N) is 1. The van der Waals surface area contributed by atoms with E-state index in [1.165, 1.54) is 12.3 Å². The van der Waals surface area contributed by atoms with Gasteiger partial charge in [0.1, 0.15) is 10.6 Å². The Morgan fingerprint density at radius 2 is 2.24 bits per heavy atom. The SMILES string of the molecule is CSCCC(C)NS(=O)(=O)c1cc(C(=O)O)n(C2CC2)c1. The number of carbonyl (C=O) groups is 1. The summed E-state index contributed by atoms with van der Waals surface area (Å²) in [5.74, 6) is -0.230. The summed E-state index contributed by atoms with van der Waals surface area (Å²) in [6.45, 7) is 1.81. The zero-order chi connectivity index (χ0) is 15.6. The molecule has 0 aliphatic heterocycles. The van der Waals surface area contributed by atoms with E-state index in [2.05, 4.69) is 4.72 Å². The van der Waals surface area contributed by atoms with Crippen LogP contribution in [0.5, 0.6) is 0 Å². The Kier molecular flexibility index (Phi) is 5.00. The van der Waals surface area contributed by atoms with Gasteiger partial charge in [-0.05, 0) is 44.3 Å². The largest absolute Gasteiger partial charge is 0.477 e. The molecule has 1 fully saturated rings. The monoisotopic (exact) mass is 332 g/mol. The van der Waals surface area contributed by atoms with Crippen molar-refractivity contribution < 1.29 is 18.3 Å². The number of aromatic carboxylic acids is 1. The van der Waals surface area contributed by atoms with Crippen molar-refractivity contribution in [1.82, 2.24) is 9.29 Å². The van der Waals surface area contributed by atoms with E-state index in [9.17, 15) is 18.3 Å². The molecule has 0 amide bonds. The van der Waals surface area contributed by atoms with Gasteiger partial charge in [0.15, 0.2) is 0 Å². The first kappa shape index (κ1) is 16.4. The number of hydrogen-bond donors (Lipinski definition) is 2. The van der Waals surface area contributed by atoms with Crippen molar-refractivity contribution in [1.29, 1.82) is 0 Å². The highest BCUT2D eigenvalue weighted by Gasteiger charge is 2.30. The summed E-state index contributed by atoms with van der Waals surface area (Å²) >= 11 is 1.66. The third kappa shape index (κ3) is 4.02. The van der Waals surface area contributed by atoms with Crippen LogP contribution in [0.3, 0.4) is 0 Å². The van der Waals surface area contributed by atoms with Gasteiger partial charge in [-0.2, -0.15) is 11.8 Å². The second kappa shape index (κ2) is 6.41. The minimum absolute atomic E-state index is 0.0304. The second-order valence-corrected chi connectivity index (χ2v) is 8.01. The van der Waals surface area contributed by atoms with Crippen LogP contribution in [0.2, 0.25) is 0 Å². The van der Waals surface area contributed by atoms with Crippen molar-refractivity contribution in [2.24, 2.45) is 0 Å². The molecule has 118 valence electrons. The van der Waals surface area contributed by atoms with Crippen LogP contribution in [0.25, 0.3) is 0 Å². The summed E-state index contributed by atoms with van der Waals surface area (Å²) in [5, 5.41) is 9.18. The lowest BCUT2D eigenvalue weighted by Gasteiger charge is -2.12. The van der Waals surface area contributed by atoms with Gasteiger partial charge in [-0.15, -0.1) is 0 Å². The first-order valence-corrected chi connectivity index (χ1v) is 9.69. The summed E-state index contributed by atoms with van der Waals surface area (Å²) in [7, 11) is -3.67. The van der Waals surface area contributed by atoms with Gasteiger partial charge in [-0.1, -0.05) is 0 Å². The van der Waals surface area contributed by atoms with Crippen LogP contribution in [0.4, 0.5) is 0 Å². The summed E-state index contributed by atoms with van der Waals surface area (Å²) in [4.78, 5) is 11.2. The van der Waals surface area contributed by atoms with E-state index in [4.69, 9.17) is 0 Å². The molecule has 0 radical (unpaired) electrons. The molecule has 2 rings (SSSR count). The van der Waals surface area contributed by atoms with Crippen molar-refractivity contribution in [3.8, 4) is 0 Å². The molecule has 1 aliphatic rings. The molecule has 1 heterocycles. The van der Waals surface area contributed by atoms with Crippen LogP contribution in [0, 0.1) is 0 Å². The van der Waals surface area contributed by atoms with Crippen LogP contribution < -0.4 is 4.72 Å². The Balaban J connectivity index is 2.20. The minimum Gasteiger partial charge on any atom is -0.477 e. The Bertz CT molecular complexity index is 620. The third-order valence-corrected chi connectivity index (χ3v) is 5.60. The molecule has 21 heavy (non-hydrogen) atoms. The van der Waals surface area contributed by atoms with Gasteiger partial charge in [0.25, 0.3) is 0 Å². The number of thioether (sulfide) groups is 1. The van der Waals surface area contributed by atoms with Crippen LogP contribution in [0.15, 0.2) is 17.2 Å². The number of sulfonamides is 1. The zero-order valence-electron chi connectivity index (χ0n) is 12.1. The van der Waals surface area contributed by atoms with Gasteiger partial charge in [0, 0.05) is 18.3 Å². The molecular weight excluding hydrogens is 312 g/mol. The van der Waals surface area contributed by atoms with Crippen LogP contribution in [-0.4, -0.2) is 42.1 Å². The lowest BCUT2D eigenvalue weighted by Crippen LogP contribution is -2.32. The van der Waals surface area contributed by atoms with Crippen molar-refractivity contribution in [3.05, 3.63) is 18.0 Å². The van der Waals surface area contributed by atoms with Crippen LogP contribution >= 0.6 is 11.8 Å². The number of rotatable bonds is 8. The topological polar surface area (TPSA) is 88.4 Å². The molecule has 1 unspecified atom stereocenters. The summed E-state index contributed by atoms with van der Waals surface area (Å²) in [6.07, 6.45) is 5.92. The molecule has 1 saturated carbocycles. The van der Waals surface area contributed by atoms with E-state index in [1.54, 1.807) is 16.3 Å². The molecule has 1 aliphatic carbocycles. The van der Waals surface area contributed by atoms with Crippen LogP contribution in [-0.2, 0) is 10.0 Å². The Labute approximate surface area is 129 Å². The molecule has 0 bridgehead atoms. The van der Waals surface area contributed by atoms with Gasteiger partial charge in [0.05, 0.1) is 0 Å². The fourth-order valence-electron chi connectivity index (χ4n) is 2.11. The van der Waals surface area contributed by atoms with Crippen LogP contribution in [0.1, 0.15) is 42.7 Å². The fraction of sp³-hybridized carbons (Fsp3) is 0.615. The highest BCUT2D eigenvalue weighted by atomic mass is 32.2. The predicted molar refractivity (Wildman–Crippen MR) is 82.4 cm³/mol. The van der Waals surface area contributed by atoms with Gasteiger partial charge in [-0.3, -0.25) is 0 Å². The molecule has 2 N–H and O–H groups in total. The second-order valence-electron chi connectivity index (χ2n) is 5.31. The average molecular weight is 332 g/mol. The van der Waals surface area contributed by atoms with E-state index in [0.29, 0.717) is 0 Å². The molecular formula is C13H20N2O4S2. The number of hydrogen-bond acceptors (Lipinski definition) is 4.